The number of hydrogen-bond acceptors (Lipinski definition) is 8. The number of likely N-dealkylation sites (tertiary alicyclic amines) is 2. The van der Waals surface area contributed by atoms with E-state index in [1.54, 1.807) is 7.11 Å². The number of hydrogen-bond donors (Lipinski definition) is 2. The Hall–Kier alpha value is -4.32. The first kappa shape index (κ1) is 28.5. The normalized spacial score (nSPS) is 21.8. The van der Waals surface area contributed by atoms with Crippen molar-refractivity contribution < 1.29 is 9.53 Å². The predicted molar refractivity (Wildman–Crippen MR) is 173 cm³/mol. The third-order valence-electron chi connectivity index (χ3n) is 9.95. The number of rotatable bonds is 6. The number of amides is 1. The maximum atomic E-state index is 12.7. The van der Waals surface area contributed by atoms with Gasteiger partial charge in [-0.1, -0.05) is 12.1 Å². The van der Waals surface area contributed by atoms with Gasteiger partial charge in [0.25, 0.3) is 0 Å². The molecule has 4 N–H and O–H groups in total. The summed E-state index contributed by atoms with van der Waals surface area (Å²) in [7, 11) is 5.81. The zero-order valence-corrected chi connectivity index (χ0v) is 25.6. The third-order valence-corrected chi connectivity index (χ3v) is 9.95. The number of primary amides is 1. The number of nitrogens with two attached hydrogens (primary N) is 2. The van der Waals surface area contributed by atoms with Gasteiger partial charge in [0.05, 0.1) is 25.6 Å². The summed E-state index contributed by atoms with van der Waals surface area (Å²) in [4.78, 5) is 26.7. The van der Waals surface area contributed by atoms with Crippen molar-refractivity contribution in [3.63, 3.8) is 0 Å². The van der Waals surface area contributed by atoms with Crippen molar-refractivity contribution in [2.24, 2.45) is 5.73 Å². The highest BCUT2D eigenvalue weighted by atomic mass is 16.5. The lowest BCUT2D eigenvalue weighted by atomic mass is 9.98. The van der Waals surface area contributed by atoms with Gasteiger partial charge in [-0.15, -0.1) is 0 Å². The van der Waals surface area contributed by atoms with Gasteiger partial charge in [0.2, 0.25) is 5.70 Å². The van der Waals surface area contributed by atoms with Crippen molar-refractivity contribution in [3.8, 4) is 17.0 Å². The summed E-state index contributed by atoms with van der Waals surface area (Å²) < 4.78 is 8.13. The van der Waals surface area contributed by atoms with E-state index in [9.17, 15) is 4.79 Å². The van der Waals surface area contributed by atoms with Crippen LogP contribution in [0.1, 0.15) is 37.3 Å². The third kappa shape index (κ3) is 4.54. The molecule has 0 radical (unpaired) electrons. The number of para-hydroxylation sites is 1. The summed E-state index contributed by atoms with van der Waals surface area (Å²) in [5, 5.41) is 5.89. The summed E-state index contributed by atoms with van der Waals surface area (Å²) in [5.41, 5.74) is 17.9. The second-order valence-electron chi connectivity index (χ2n) is 12.4. The van der Waals surface area contributed by atoms with Crippen LogP contribution in [-0.2, 0) is 4.79 Å². The molecule has 11 heteroatoms. The molecule has 1 amide bonds. The van der Waals surface area contributed by atoms with Gasteiger partial charge in [-0.3, -0.25) is 4.79 Å². The predicted octanol–water partition coefficient (Wildman–Crippen LogP) is 3.92. The van der Waals surface area contributed by atoms with Gasteiger partial charge >= 0.3 is 5.91 Å². The number of anilines is 1. The minimum absolute atomic E-state index is 0.102. The van der Waals surface area contributed by atoms with Crippen LogP contribution in [0.5, 0.6) is 5.75 Å². The number of likely N-dealkylation sites (N-methyl/N-ethyl adjacent to an activating group) is 1. The van der Waals surface area contributed by atoms with E-state index in [-0.39, 0.29) is 10.5 Å². The van der Waals surface area contributed by atoms with E-state index in [1.165, 1.54) is 32.3 Å². The smallest absolute Gasteiger partial charge is 0.303 e. The van der Waals surface area contributed by atoms with Crippen LogP contribution in [0.3, 0.4) is 0 Å². The van der Waals surface area contributed by atoms with E-state index in [1.807, 2.05) is 55.6 Å². The number of benzene rings is 2. The summed E-state index contributed by atoms with van der Waals surface area (Å²) in [6.45, 7) is 4.43. The number of fused-ring (bicyclic) bond motifs is 2. The second-order valence-corrected chi connectivity index (χ2v) is 12.4. The van der Waals surface area contributed by atoms with E-state index >= 15 is 0 Å². The molecule has 3 aliphatic heterocycles. The molecule has 0 bridgehead atoms. The van der Waals surface area contributed by atoms with E-state index in [2.05, 4.69) is 31.5 Å². The van der Waals surface area contributed by atoms with Crippen molar-refractivity contribution >= 4 is 40.2 Å². The molecule has 1 atom stereocenters. The Labute approximate surface area is 257 Å². The fourth-order valence-corrected chi connectivity index (χ4v) is 7.48. The number of ether oxygens (including phenoxy) is 1. The average molecular weight is 595 g/mol. The monoisotopic (exact) mass is 594 g/mol. The highest BCUT2D eigenvalue weighted by Crippen LogP contribution is 2.50. The highest BCUT2D eigenvalue weighted by Gasteiger charge is 2.45. The maximum absolute atomic E-state index is 12.7. The summed E-state index contributed by atoms with van der Waals surface area (Å²) in [6, 6.07) is 14.8. The maximum Gasteiger partial charge on any atom is 0.303 e. The molecule has 5 heterocycles. The largest absolute Gasteiger partial charge is 0.491 e. The molecular weight excluding hydrogens is 554 g/mol. The van der Waals surface area contributed by atoms with Crippen LogP contribution in [-0.4, -0.2) is 88.9 Å². The molecule has 0 spiro atoms. The van der Waals surface area contributed by atoms with Crippen LogP contribution in [0.2, 0.25) is 0 Å². The van der Waals surface area contributed by atoms with Crippen molar-refractivity contribution in [1.82, 2.24) is 34.0 Å². The highest BCUT2D eigenvalue weighted by molar-refractivity contribution is 6.05. The molecule has 4 aromatic rings. The molecule has 2 aromatic carbocycles. The topological polar surface area (TPSA) is 128 Å². The molecule has 228 valence electrons. The molecule has 1 unspecified atom stereocenters. The number of nitrogens with zero attached hydrogens (tertiary/aromatic N) is 7. The fraction of sp³-hybridized carbons (Fsp3) is 0.394. The van der Waals surface area contributed by atoms with Crippen molar-refractivity contribution in [2.75, 3.05) is 53.1 Å². The lowest BCUT2D eigenvalue weighted by Gasteiger charge is -2.41. The van der Waals surface area contributed by atoms with Gasteiger partial charge in [-0.2, -0.15) is 5.10 Å². The van der Waals surface area contributed by atoms with E-state index in [4.69, 9.17) is 21.3 Å². The van der Waals surface area contributed by atoms with Crippen LogP contribution in [0, 0.1) is 0 Å². The molecule has 2 fully saturated rings. The van der Waals surface area contributed by atoms with Gasteiger partial charge < -0.3 is 26.0 Å². The second kappa shape index (κ2) is 11.0. The van der Waals surface area contributed by atoms with Crippen LogP contribution in [0.25, 0.3) is 28.4 Å². The first-order valence-corrected chi connectivity index (χ1v) is 15.4. The number of aromatic nitrogens is 4. The van der Waals surface area contributed by atoms with Gasteiger partial charge in [0, 0.05) is 48.5 Å². The van der Waals surface area contributed by atoms with Crippen LogP contribution in [0.4, 0.5) is 17.2 Å². The Morgan fingerprint density at radius 1 is 0.977 bits per heavy atom. The zero-order chi connectivity index (χ0) is 30.6. The number of carbonyl (C=O) groups is 1. The van der Waals surface area contributed by atoms with Crippen LogP contribution in [0.15, 0.2) is 54.5 Å². The zero-order valence-electron chi connectivity index (χ0n) is 25.6. The molecule has 44 heavy (non-hydrogen) atoms. The van der Waals surface area contributed by atoms with Crippen molar-refractivity contribution in [2.45, 2.75) is 37.8 Å². The van der Waals surface area contributed by atoms with Crippen molar-refractivity contribution in [1.29, 1.82) is 0 Å². The first-order valence-electron chi connectivity index (χ1n) is 15.4. The molecule has 2 aromatic heterocycles. The fourth-order valence-electron chi connectivity index (χ4n) is 7.48. The number of nitrogen functional groups attached to an aromatic ring is 1. The Bertz CT molecular complexity index is 1770. The van der Waals surface area contributed by atoms with E-state index in [0.717, 1.165) is 65.2 Å². The molecule has 11 nitrogen and oxygen atoms in total. The lowest BCUT2D eigenvalue weighted by molar-refractivity contribution is -0.115. The molecule has 3 aliphatic rings. The van der Waals surface area contributed by atoms with E-state index in [0.29, 0.717) is 23.3 Å². The average Bonchev–Trinajstić information content (AvgIpc) is 3.59. The summed E-state index contributed by atoms with van der Waals surface area (Å²) >= 11 is 0. The van der Waals surface area contributed by atoms with Crippen LogP contribution >= 0.6 is 0 Å². The summed E-state index contributed by atoms with van der Waals surface area (Å²) in [6.07, 6.45) is 7.86. The molecular formula is C33H40N9O2+. The molecule has 7 rings (SSSR count). The Morgan fingerprint density at radius 2 is 1.70 bits per heavy atom. The molecule has 0 saturated carbocycles. The Kier molecular flexibility index (Phi) is 7.11. The molecule has 0 aliphatic carbocycles. The van der Waals surface area contributed by atoms with Gasteiger partial charge in [-0.05, 0) is 64.0 Å². The Balaban J connectivity index is 1.25. The summed E-state index contributed by atoms with van der Waals surface area (Å²) in [5.74, 6) is 0.527. The quantitative estimate of drug-likeness (QED) is 0.322. The standard InChI is InChI=1S/C33H39N9O2/c1-39-14-10-23(11-15-39)40-16-12-24(13-17-40)41-33-29(31(34)36-20-37-33)30(38-41)22-8-9-26(28(19-22)44-3)42(2)25-7-5-4-6-21(25)18-27(42)32(35)43/h4-9,18-20,23-24H,10-17H2,1-3H3,(H3-,34,35,36,37,38,43)/p+1. The number of quaternary nitrogens is 1. The SMILES string of the molecule is COc1cc(-c2nn(C3CCN(C4CCN(C)CC4)CC3)c3ncnc(N)c23)ccc1[N+]1(C)C(C(N)=O)=Cc2ccccc21. The minimum Gasteiger partial charge on any atom is -0.491 e. The molecule has 2 saturated heterocycles. The number of methoxy groups -OCH3 is 1. The van der Waals surface area contributed by atoms with Gasteiger partial charge in [-0.25, -0.2) is 19.1 Å². The number of carbonyl (C=O) groups excluding carboxylic acids is 1. The Morgan fingerprint density at radius 3 is 2.43 bits per heavy atom. The van der Waals surface area contributed by atoms with Crippen LogP contribution < -0.4 is 20.7 Å². The minimum atomic E-state index is -0.480. The lowest BCUT2D eigenvalue weighted by Crippen LogP contribution is -2.47. The van der Waals surface area contributed by atoms with E-state index < -0.39 is 5.91 Å². The first-order chi connectivity index (χ1) is 21.3. The van der Waals surface area contributed by atoms with Gasteiger partial charge in [0.1, 0.15) is 17.8 Å². The number of piperidine rings is 2. The van der Waals surface area contributed by atoms with Gasteiger partial charge in [0.15, 0.2) is 22.8 Å². The van der Waals surface area contributed by atoms with Crippen molar-refractivity contribution in [3.05, 3.63) is 60.1 Å².